The normalized spacial score (nSPS) is 20.1. The number of ketones is 1. The maximum Gasteiger partial charge on any atom is 0.174 e. The van der Waals surface area contributed by atoms with Crippen LogP contribution >= 0.6 is 0 Å². The van der Waals surface area contributed by atoms with Crippen molar-refractivity contribution in [3.8, 4) is 17.2 Å². The number of Topliss-reactive ketones (excluding diaryl/α,β-unsaturated/α-hetero) is 1. The predicted octanol–water partition coefficient (Wildman–Crippen LogP) is 0.986. The molecule has 0 radical (unpaired) electrons. The van der Waals surface area contributed by atoms with Crippen molar-refractivity contribution in [2.24, 2.45) is 5.92 Å². The van der Waals surface area contributed by atoms with Gasteiger partial charge in [0.25, 0.3) is 0 Å². The molecule has 0 saturated carbocycles. The van der Waals surface area contributed by atoms with Crippen molar-refractivity contribution in [2.75, 3.05) is 13.1 Å². The topological polar surface area (TPSA) is 89.8 Å². The van der Waals surface area contributed by atoms with Crippen LogP contribution in [0.3, 0.4) is 0 Å². The average molecular weight is 237 g/mol. The molecule has 1 fully saturated rings. The number of phenolic OH excluding ortho intramolecular Hbond substituents is 3. The standard InChI is InChI=1S/C12H15NO4/c14-8-4-9(15)11(10(16)5-8)12(17)7-2-1-3-13-6-7/h4-5,7,13-16H,1-3,6H2. The third kappa shape index (κ3) is 2.34. The minimum absolute atomic E-state index is 0.100. The summed E-state index contributed by atoms with van der Waals surface area (Å²) in [5.74, 6) is -1.54. The van der Waals surface area contributed by atoms with E-state index in [0.717, 1.165) is 31.5 Å². The quantitative estimate of drug-likeness (QED) is 0.576. The number of nitrogens with one attached hydrogen (secondary N) is 1. The Bertz CT molecular complexity index is 415. The Balaban J connectivity index is 2.30. The van der Waals surface area contributed by atoms with Crippen LogP contribution in [0.15, 0.2) is 12.1 Å². The van der Waals surface area contributed by atoms with Crippen molar-refractivity contribution in [2.45, 2.75) is 12.8 Å². The van der Waals surface area contributed by atoms with Crippen LogP contribution in [-0.2, 0) is 0 Å². The Morgan fingerprint density at radius 1 is 1.24 bits per heavy atom. The molecule has 1 aromatic carbocycles. The molecule has 1 aromatic rings. The zero-order chi connectivity index (χ0) is 12.4. The highest BCUT2D eigenvalue weighted by Gasteiger charge is 2.27. The van der Waals surface area contributed by atoms with Gasteiger partial charge in [0.2, 0.25) is 0 Å². The van der Waals surface area contributed by atoms with Gasteiger partial charge < -0.3 is 20.6 Å². The molecule has 1 unspecified atom stereocenters. The van der Waals surface area contributed by atoms with E-state index in [-0.39, 0.29) is 34.5 Å². The highest BCUT2D eigenvalue weighted by atomic mass is 16.3. The van der Waals surface area contributed by atoms with Crippen molar-refractivity contribution in [1.29, 1.82) is 0 Å². The number of aromatic hydroxyl groups is 3. The minimum atomic E-state index is -0.377. The molecule has 0 amide bonds. The highest BCUT2D eigenvalue weighted by molar-refractivity contribution is 6.03. The smallest absolute Gasteiger partial charge is 0.174 e. The first-order valence-corrected chi connectivity index (χ1v) is 5.59. The van der Waals surface area contributed by atoms with E-state index >= 15 is 0 Å². The second kappa shape index (κ2) is 4.63. The summed E-state index contributed by atoms with van der Waals surface area (Å²) < 4.78 is 0. The van der Waals surface area contributed by atoms with Gasteiger partial charge in [-0.1, -0.05) is 0 Å². The molecule has 17 heavy (non-hydrogen) atoms. The number of carbonyl (C=O) groups excluding carboxylic acids is 1. The first-order chi connectivity index (χ1) is 8.09. The Morgan fingerprint density at radius 2 is 1.88 bits per heavy atom. The largest absolute Gasteiger partial charge is 0.508 e. The SMILES string of the molecule is O=C(c1c(O)cc(O)cc1O)C1CCCNC1. The molecule has 5 nitrogen and oxygen atoms in total. The molecule has 0 aromatic heterocycles. The fraction of sp³-hybridized carbons (Fsp3) is 0.417. The lowest BCUT2D eigenvalue weighted by molar-refractivity contribution is 0.0894. The van der Waals surface area contributed by atoms with Crippen LogP contribution in [0, 0.1) is 5.92 Å². The molecular weight excluding hydrogens is 222 g/mol. The highest BCUT2D eigenvalue weighted by Crippen LogP contribution is 2.34. The molecule has 1 atom stereocenters. The van der Waals surface area contributed by atoms with Crippen LogP contribution in [0.1, 0.15) is 23.2 Å². The number of rotatable bonds is 2. The first-order valence-electron chi connectivity index (χ1n) is 5.59. The molecule has 1 aliphatic rings. The van der Waals surface area contributed by atoms with E-state index in [1.165, 1.54) is 0 Å². The van der Waals surface area contributed by atoms with Crippen molar-refractivity contribution < 1.29 is 20.1 Å². The van der Waals surface area contributed by atoms with Crippen LogP contribution < -0.4 is 5.32 Å². The second-order valence-corrected chi connectivity index (χ2v) is 4.27. The summed E-state index contributed by atoms with van der Waals surface area (Å²) in [7, 11) is 0. The lowest BCUT2D eigenvalue weighted by Gasteiger charge is -2.22. The van der Waals surface area contributed by atoms with Crippen molar-refractivity contribution in [1.82, 2.24) is 5.32 Å². The van der Waals surface area contributed by atoms with Gasteiger partial charge in [-0.3, -0.25) is 4.79 Å². The van der Waals surface area contributed by atoms with E-state index < -0.39 is 0 Å². The number of benzene rings is 1. The molecule has 1 aliphatic heterocycles. The molecule has 0 bridgehead atoms. The fourth-order valence-electron chi connectivity index (χ4n) is 2.13. The van der Waals surface area contributed by atoms with E-state index in [1.807, 2.05) is 0 Å². The fourth-order valence-corrected chi connectivity index (χ4v) is 2.13. The van der Waals surface area contributed by atoms with Crippen LogP contribution in [0.25, 0.3) is 0 Å². The lowest BCUT2D eigenvalue weighted by atomic mass is 9.90. The van der Waals surface area contributed by atoms with E-state index in [4.69, 9.17) is 5.11 Å². The molecule has 1 saturated heterocycles. The third-order valence-electron chi connectivity index (χ3n) is 3.00. The van der Waals surface area contributed by atoms with Crippen molar-refractivity contribution >= 4 is 5.78 Å². The van der Waals surface area contributed by atoms with Crippen LogP contribution in [0.2, 0.25) is 0 Å². The Hall–Kier alpha value is -1.75. The minimum Gasteiger partial charge on any atom is -0.508 e. The van der Waals surface area contributed by atoms with Crippen molar-refractivity contribution in [3.63, 3.8) is 0 Å². The van der Waals surface area contributed by atoms with Gasteiger partial charge in [0.1, 0.15) is 22.8 Å². The molecular formula is C12H15NO4. The zero-order valence-corrected chi connectivity index (χ0v) is 9.31. The van der Waals surface area contributed by atoms with Gasteiger partial charge in [0.05, 0.1) is 0 Å². The summed E-state index contributed by atoms with van der Waals surface area (Å²) >= 11 is 0. The number of piperidine rings is 1. The van der Waals surface area contributed by atoms with Gasteiger partial charge in [-0.05, 0) is 19.4 Å². The molecule has 2 rings (SSSR count). The van der Waals surface area contributed by atoms with E-state index in [1.54, 1.807) is 0 Å². The molecule has 92 valence electrons. The summed E-state index contributed by atoms with van der Waals surface area (Å²) in [6, 6.07) is 2.12. The number of phenols is 3. The third-order valence-corrected chi connectivity index (χ3v) is 3.00. The molecule has 0 spiro atoms. The Morgan fingerprint density at radius 3 is 2.41 bits per heavy atom. The average Bonchev–Trinajstić information content (AvgIpc) is 2.28. The van der Waals surface area contributed by atoms with Gasteiger partial charge in [0, 0.05) is 24.6 Å². The summed E-state index contributed by atoms with van der Waals surface area (Å²) in [4.78, 5) is 12.1. The molecule has 0 aliphatic carbocycles. The Labute approximate surface area is 98.7 Å². The molecule has 4 N–H and O–H groups in total. The van der Waals surface area contributed by atoms with Gasteiger partial charge in [0.15, 0.2) is 5.78 Å². The monoisotopic (exact) mass is 237 g/mol. The first kappa shape index (κ1) is 11.7. The van der Waals surface area contributed by atoms with Crippen molar-refractivity contribution in [3.05, 3.63) is 17.7 Å². The van der Waals surface area contributed by atoms with E-state index in [2.05, 4.69) is 5.32 Å². The summed E-state index contributed by atoms with van der Waals surface area (Å²) in [6.45, 7) is 1.44. The zero-order valence-electron chi connectivity index (χ0n) is 9.31. The summed E-state index contributed by atoms with van der Waals surface area (Å²) in [5.41, 5.74) is -0.100. The van der Waals surface area contributed by atoms with Crippen LogP contribution in [0.4, 0.5) is 0 Å². The number of carbonyl (C=O) groups is 1. The Kier molecular flexibility index (Phi) is 3.19. The van der Waals surface area contributed by atoms with Gasteiger partial charge in [-0.15, -0.1) is 0 Å². The number of hydrogen-bond acceptors (Lipinski definition) is 5. The van der Waals surface area contributed by atoms with Gasteiger partial charge in [-0.2, -0.15) is 0 Å². The maximum absolute atomic E-state index is 12.1. The van der Waals surface area contributed by atoms with E-state index in [9.17, 15) is 15.0 Å². The van der Waals surface area contributed by atoms with Gasteiger partial charge in [-0.25, -0.2) is 0 Å². The summed E-state index contributed by atoms with van der Waals surface area (Å²) in [6.07, 6.45) is 1.64. The predicted molar refractivity (Wildman–Crippen MR) is 61.4 cm³/mol. The summed E-state index contributed by atoms with van der Waals surface area (Å²) in [5, 5.41) is 31.5. The maximum atomic E-state index is 12.1. The number of hydrogen-bond donors (Lipinski definition) is 4. The van der Waals surface area contributed by atoms with Gasteiger partial charge >= 0.3 is 0 Å². The molecule has 5 heteroatoms. The van der Waals surface area contributed by atoms with Crippen LogP contribution in [0.5, 0.6) is 17.2 Å². The lowest BCUT2D eigenvalue weighted by Crippen LogP contribution is -2.34. The molecule has 1 heterocycles. The van der Waals surface area contributed by atoms with Crippen LogP contribution in [-0.4, -0.2) is 34.2 Å². The van der Waals surface area contributed by atoms with E-state index in [0.29, 0.717) is 6.54 Å². The second-order valence-electron chi connectivity index (χ2n) is 4.27.